The molecule has 1 fully saturated rings. The number of guanidine groups is 1. The van der Waals surface area contributed by atoms with E-state index in [0.29, 0.717) is 5.92 Å². The monoisotopic (exact) mass is 372 g/mol. The summed E-state index contributed by atoms with van der Waals surface area (Å²) in [5, 5.41) is 6.80. The molecular formula is C18H36N4O2S. The maximum absolute atomic E-state index is 12.1. The molecule has 2 N–H and O–H groups in total. The lowest BCUT2D eigenvalue weighted by Gasteiger charge is -2.33. The second kappa shape index (κ2) is 9.55. The molecule has 1 heterocycles. The van der Waals surface area contributed by atoms with Crippen LogP contribution in [0.1, 0.15) is 47.5 Å². The molecule has 0 aromatic heterocycles. The molecule has 1 rings (SSSR count). The molecule has 0 atom stereocenters. The van der Waals surface area contributed by atoms with Crippen molar-refractivity contribution < 1.29 is 9.53 Å². The highest BCUT2D eigenvalue weighted by Gasteiger charge is 2.27. The van der Waals surface area contributed by atoms with Gasteiger partial charge in [0.05, 0.1) is 0 Å². The number of likely N-dealkylation sites (tertiary alicyclic amines) is 1. The zero-order valence-corrected chi connectivity index (χ0v) is 17.8. The summed E-state index contributed by atoms with van der Waals surface area (Å²) in [5.74, 6) is 1.39. The Morgan fingerprint density at radius 2 is 1.80 bits per heavy atom. The second-order valence-electron chi connectivity index (χ2n) is 8.18. The minimum Gasteiger partial charge on any atom is -0.444 e. The number of nitrogens with zero attached hydrogens (tertiary/aromatic N) is 2. The average molecular weight is 373 g/mol. The smallest absolute Gasteiger partial charge is 0.410 e. The molecule has 25 heavy (non-hydrogen) atoms. The topological polar surface area (TPSA) is 66.0 Å². The minimum atomic E-state index is -0.432. The van der Waals surface area contributed by atoms with Crippen molar-refractivity contribution in [3.05, 3.63) is 0 Å². The molecule has 1 aliphatic heterocycles. The van der Waals surface area contributed by atoms with E-state index in [-0.39, 0.29) is 10.8 Å². The Balaban J connectivity index is 2.33. The molecule has 0 saturated carbocycles. The van der Waals surface area contributed by atoms with Crippen molar-refractivity contribution in [3.63, 3.8) is 0 Å². The van der Waals surface area contributed by atoms with Gasteiger partial charge in [0.25, 0.3) is 0 Å². The second-order valence-corrected chi connectivity index (χ2v) is 9.69. The molecule has 6 nitrogen and oxygen atoms in total. The van der Waals surface area contributed by atoms with E-state index in [4.69, 9.17) is 4.74 Å². The number of aliphatic imine (C=N–C) groups is 1. The number of piperidine rings is 1. The van der Waals surface area contributed by atoms with E-state index < -0.39 is 5.60 Å². The third-order valence-electron chi connectivity index (χ3n) is 4.28. The van der Waals surface area contributed by atoms with Gasteiger partial charge in [-0.05, 0) is 59.6 Å². The van der Waals surface area contributed by atoms with Crippen LogP contribution < -0.4 is 10.6 Å². The van der Waals surface area contributed by atoms with Gasteiger partial charge in [-0.1, -0.05) is 0 Å². The summed E-state index contributed by atoms with van der Waals surface area (Å²) in [4.78, 5) is 18.2. The lowest BCUT2D eigenvalue weighted by molar-refractivity contribution is 0.0185. The third kappa shape index (κ3) is 8.70. The van der Waals surface area contributed by atoms with Crippen LogP contribution in [0.2, 0.25) is 0 Å². The first kappa shape index (κ1) is 21.9. The van der Waals surface area contributed by atoms with Crippen LogP contribution in [0.15, 0.2) is 4.99 Å². The molecule has 0 spiro atoms. The minimum absolute atomic E-state index is 0.177. The van der Waals surface area contributed by atoms with E-state index in [9.17, 15) is 4.79 Å². The first-order chi connectivity index (χ1) is 11.6. The van der Waals surface area contributed by atoms with Gasteiger partial charge in [0.2, 0.25) is 0 Å². The summed E-state index contributed by atoms with van der Waals surface area (Å²) in [5.41, 5.74) is -0.432. The van der Waals surface area contributed by atoms with Gasteiger partial charge < -0.3 is 20.3 Å². The zero-order chi connectivity index (χ0) is 19.1. The number of carbonyl (C=O) groups is 1. The molecule has 0 aromatic rings. The Labute approximate surface area is 157 Å². The van der Waals surface area contributed by atoms with E-state index >= 15 is 0 Å². The molecular weight excluding hydrogens is 336 g/mol. The number of ether oxygens (including phenoxy) is 1. The molecule has 0 bridgehead atoms. The van der Waals surface area contributed by atoms with Gasteiger partial charge in [-0.2, -0.15) is 11.8 Å². The van der Waals surface area contributed by atoms with Crippen LogP contribution >= 0.6 is 11.8 Å². The van der Waals surface area contributed by atoms with Crippen molar-refractivity contribution >= 4 is 23.8 Å². The fourth-order valence-corrected chi connectivity index (χ4v) is 2.69. The fraction of sp³-hybridized carbons (Fsp3) is 0.889. The van der Waals surface area contributed by atoms with E-state index in [1.54, 1.807) is 7.05 Å². The van der Waals surface area contributed by atoms with E-state index in [2.05, 4.69) is 35.7 Å². The van der Waals surface area contributed by atoms with Crippen molar-refractivity contribution in [1.29, 1.82) is 0 Å². The lowest BCUT2D eigenvalue weighted by atomic mass is 9.97. The lowest BCUT2D eigenvalue weighted by Crippen LogP contribution is -2.47. The Morgan fingerprint density at radius 1 is 1.20 bits per heavy atom. The molecule has 7 heteroatoms. The van der Waals surface area contributed by atoms with E-state index in [0.717, 1.165) is 45.0 Å². The molecule has 0 aromatic carbocycles. The number of thioether (sulfide) groups is 1. The van der Waals surface area contributed by atoms with Gasteiger partial charge in [-0.15, -0.1) is 0 Å². The van der Waals surface area contributed by atoms with Gasteiger partial charge in [-0.25, -0.2) is 4.79 Å². The van der Waals surface area contributed by atoms with Crippen molar-refractivity contribution in [3.8, 4) is 0 Å². The van der Waals surface area contributed by atoms with Gasteiger partial charge in [-0.3, -0.25) is 4.99 Å². The van der Waals surface area contributed by atoms with E-state index in [1.165, 1.54) is 0 Å². The van der Waals surface area contributed by atoms with Gasteiger partial charge in [0.1, 0.15) is 5.60 Å². The molecule has 1 aliphatic rings. The van der Waals surface area contributed by atoms with Crippen LogP contribution in [0.3, 0.4) is 0 Å². The number of nitrogens with one attached hydrogen (secondary N) is 2. The third-order valence-corrected chi connectivity index (χ3v) is 5.53. The highest BCUT2D eigenvalue weighted by atomic mass is 32.2. The van der Waals surface area contributed by atoms with Crippen LogP contribution in [-0.2, 0) is 4.74 Å². The van der Waals surface area contributed by atoms with Crippen molar-refractivity contribution in [1.82, 2.24) is 15.5 Å². The number of hydrogen-bond acceptors (Lipinski definition) is 4. The summed E-state index contributed by atoms with van der Waals surface area (Å²) in [6.45, 7) is 13.4. The summed E-state index contributed by atoms with van der Waals surface area (Å²) in [6, 6.07) is 0. The largest absolute Gasteiger partial charge is 0.444 e. The Kier molecular flexibility index (Phi) is 8.38. The number of rotatable bonds is 5. The van der Waals surface area contributed by atoms with Crippen LogP contribution in [0.5, 0.6) is 0 Å². The zero-order valence-electron chi connectivity index (χ0n) is 16.9. The SMILES string of the molecule is CN=C(NCC1CCN(C(=O)OC(C)(C)C)CC1)NCC(C)(C)SC. The Bertz CT molecular complexity index is 452. The predicted octanol–water partition coefficient (Wildman–Crippen LogP) is 2.94. The summed E-state index contributed by atoms with van der Waals surface area (Å²) in [7, 11) is 1.80. The van der Waals surface area contributed by atoms with Crippen molar-refractivity contribution in [2.75, 3.05) is 39.5 Å². The maximum Gasteiger partial charge on any atom is 0.410 e. The predicted molar refractivity (Wildman–Crippen MR) is 107 cm³/mol. The highest BCUT2D eigenvalue weighted by Crippen LogP contribution is 2.20. The fourth-order valence-electron chi connectivity index (χ4n) is 2.48. The quantitative estimate of drug-likeness (QED) is 0.574. The number of carbonyl (C=O) groups excluding carboxylic acids is 1. The summed E-state index contributed by atoms with van der Waals surface area (Å²) < 4.78 is 5.62. The highest BCUT2D eigenvalue weighted by molar-refractivity contribution is 7.99. The van der Waals surface area contributed by atoms with Gasteiger partial charge in [0, 0.05) is 38.0 Å². The first-order valence-electron chi connectivity index (χ1n) is 9.04. The van der Waals surface area contributed by atoms with Crippen LogP contribution in [0, 0.1) is 5.92 Å². The molecule has 0 unspecified atom stereocenters. The van der Waals surface area contributed by atoms with Crippen molar-refractivity contribution in [2.24, 2.45) is 10.9 Å². The summed E-state index contributed by atoms with van der Waals surface area (Å²) >= 11 is 1.84. The Hall–Kier alpha value is -1.11. The van der Waals surface area contributed by atoms with Crippen molar-refractivity contribution in [2.45, 2.75) is 57.8 Å². The van der Waals surface area contributed by atoms with Gasteiger partial charge >= 0.3 is 6.09 Å². The molecule has 1 saturated heterocycles. The molecule has 1 amide bonds. The number of amides is 1. The van der Waals surface area contributed by atoms with Crippen LogP contribution in [0.4, 0.5) is 4.79 Å². The molecule has 0 radical (unpaired) electrons. The number of hydrogen-bond donors (Lipinski definition) is 2. The van der Waals surface area contributed by atoms with Crippen LogP contribution in [-0.4, -0.2) is 66.8 Å². The normalized spacial score (nSPS) is 17.4. The maximum atomic E-state index is 12.1. The molecule has 0 aliphatic carbocycles. The van der Waals surface area contributed by atoms with E-state index in [1.807, 2.05) is 37.4 Å². The molecule has 146 valence electrons. The van der Waals surface area contributed by atoms with Gasteiger partial charge in [0.15, 0.2) is 5.96 Å². The average Bonchev–Trinajstić information content (AvgIpc) is 2.54. The summed E-state index contributed by atoms with van der Waals surface area (Å²) in [6.07, 6.45) is 3.89. The standard InChI is InChI=1S/C18H36N4O2S/c1-17(2,3)24-16(23)22-10-8-14(9-11-22)12-20-15(19-6)21-13-18(4,5)25-7/h14H,8-13H2,1-7H3,(H2,19,20,21). The Morgan fingerprint density at radius 3 is 2.28 bits per heavy atom. The first-order valence-corrected chi connectivity index (χ1v) is 10.3. The van der Waals surface area contributed by atoms with Crippen LogP contribution in [0.25, 0.3) is 0 Å².